The third kappa shape index (κ3) is 4.18. The summed E-state index contributed by atoms with van der Waals surface area (Å²) < 4.78 is 5.04. The van der Waals surface area contributed by atoms with E-state index in [1.165, 1.54) is 0 Å². The minimum atomic E-state index is -0.799. The first kappa shape index (κ1) is 18.7. The molecule has 0 spiro atoms. The number of anilines is 1. The monoisotopic (exact) mass is 359 g/mol. The summed E-state index contributed by atoms with van der Waals surface area (Å²) in [7, 11) is 1.61. The fourth-order valence-electron chi connectivity index (χ4n) is 3.73. The average molecular weight is 359 g/mol. The lowest BCUT2D eigenvalue weighted by atomic mass is 9.82. The third-order valence-electron chi connectivity index (χ3n) is 5.44. The van der Waals surface area contributed by atoms with Crippen molar-refractivity contribution in [3.8, 4) is 0 Å². The number of benzene rings is 1. The lowest BCUT2D eigenvalue weighted by Crippen LogP contribution is -2.63. The van der Waals surface area contributed by atoms with Gasteiger partial charge in [0.05, 0.1) is 13.2 Å². The molecule has 6 nitrogen and oxygen atoms in total. The highest BCUT2D eigenvalue weighted by Gasteiger charge is 2.44. The van der Waals surface area contributed by atoms with Gasteiger partial charge in [-0.05, 0) is 37.8 Å². The van der Waals surface area contributed by atoms with Crippen molar-refractivity contribution in [3.05, 3.63) is 30.3 Å². The van der Waals surface area contributed by atoms with Crippen LogP contribution in [0.25, 0.3) is 0 Å². The van der Waals surface area contributed by atoms with E-state index in [9.17, 15) is 9.59 Å². The Morgan fingerprint density at radius 2 is 2.00 bits per heavy atom. The molecule has 1 atom stereocenters. The summed E-state index contributed by atoms with van der Waals surface area (Å²) >= 11 is 0. The van der Waals surface area contributed by atoms with Crippen LogP contribution in [0.5, 0.6) is 0 Å². The predicted molar refractivity (Wildman–Crippen MR) is 101 cm³/mol. The number of likely N-dealkylation sites (tertiary alicyclic amines) is 1. The van der Waals surface area contributed by atoms with Crippen molar-refractivity contribution in [2.75, 3.05) is 38.7 Å². The maximum Gasteiger partial charge on any atom is 0.247 e. The molecule has 6 heteroatoms. The summed E-state index contributed by atoms with van der Waals surface area (Å²) in [6, 6.07) is 9.75. The first-order chi connectivity index (χ1) is 12.6. The van der Waals surface area contributed by atoms with E-state index in [0.29, 0.717) is 26.1 Å². The largest absolute Gasteiger partial charge is 0.383 e. The number of nitrogens with one attached hydrogen (secondary N) is 2. The Morgan fingerprint density at radius 1 is 1.23 bits per heavy atom. The topological polar surface area (TPSA) is 70.7 Å². The zero-order valence-corrected chi connectivity index (χ0v) is 15.5. The Kier molecular flexibility index (Phi) is 6.14. The van der Waals surface area contributed by atoms with Crippen molar-refractivity contribution in [2.45, 2.75) is 37.6 Å². The number of methoxy groups -OCH3 is 1. The summed E-state index contributed by atoms with van der Waals surface area (Å²) in [5, 5.41) is 6.40. The highest BCUT2D eigenvalue weighted by molar-refractivity contribution is 5.91. The predicted octanol–water partition coefficient (Wildman–Crippen LogP) is 2.02. The number of rotatable bonds is 7. The summed E-state index contributed by atoms with van der Waals surface area (Å²) in [6.45, 7) is 2.08. The van der Waals surface area contributed by atoms with E-state index >= 15 is 0 Å². The second kappa shape index (κ2) is 8.54. The Morgan fingerprint density at radius 3 is 2.65 bits per heavy atom. The average Bonchev–Trinajstić information content (AvgIpc) is 2.61. The number of nitrogens with zero attached hydrogens (tertiary/aromatic N) is 1. The summed E-state index contributed by atoms with van der Waals surface area (Å²) in [4.78, 5) is 27.7. The van der Waals surface area contributed by atoms with Crippen LogP contribution < -0.4 is 10.6 Å². The second-order valence-electron chi connectivity index (χ2n) is 7.31. The maximum absolute atomic E-state index is 13.1. The number of amides is 2. The van der Waals surface area contributed by atoms with Gasteiger partial charge in [-0.25, -0.2) is 0 Å². The number of carbonyl (C=O) groups is 2. The van der Waals surface area contributed by atoms with Crippen LogP contribution in [-0.4, -0.2) is 55.6 Å². The molecule has 2 N–H and O–H groups in total. The molecular formula is C20H29N3O3. The van der Waals surface area contributed by atoms with Crippen molar-refractivity contribution < 1.29 is 14.3 Å². The molecule has 0 bridgehead atoms. The minimum Gasteiger partial charge on any atom is -0.383 e. The first-order valence-corrected chi connectivity index (χ1v) is 9.54. The van der Waals surface area contributed by atoms with E-state index in [2.05, 4.69) is 10.6 Å². The molecule has 2 amide bonds. The van der Waals surface area contributed by atoms with Gasteiger partial charge in [-0.2, -0.15) is 0 Å². The third-order valence-corrected chi connectivity index (χ3v) is 5.44. The Bertz CT molecular complexity index is 618. The molecule has 2 fully saturated rings. The van der Waals surface area contributed by atoms with Crippen LogP contribution in [-0.2, 0) is 14.3 Å². The van der Waals surface area contributed by atoms with Crippen molar-refractivity contribution in [3.63, 3.8) is 0 Å². The normalized spacial score (nSPS) is 23.2. The van der Waals surface area contributed by atoms with Crippen LogP contribution in [0.1, 0.15) is 32.1 Å². The molecule has 0 radical (unpaired) electrons. The van der Waals surface area contributed by atoms with E-state index in [0.717, 1.165) is 37.9 Å². The van der Waals surface area contributed by atoms with E-state index in [1.54, 1.807) is 7.11 Å². The van der Waals surface area contributed by atoms with Crippen LogP contribution in [0.4, 0.5) is 5.69 Å². The summed E-state index contributed by atoms with van der Waals surface area (Å²) in [6.07, 6.45) is 4.61. The van der Waals surface area contributed by atoms with Crippen LogP contribution in [0.2, 0.25) is 0 Å². The molecule has 1 heterocycles. The number of hydrogen-bond donors (Lipinski definition) is 2. The smallest absolute Gasteiger partial charge is 0.247 e. The second-order valence-corrected chi connectivity index (χ2v) is 7.31. The number of piperidine rings is 1. The van der Waals surface area contributed by atoms with Gasteiger partial charge in [0, 0.05) is 31.8 Å². The van der Waals surface area contributed by atoms with Crippen LogP contribution in [0, 0.1) is 5.92 Å². The molecule has 2 aliphatic rings. The van der Waals surface area contributed by atoms with Gasteiger partial charge in [0.2, 0.25) is 11.8 Å². The number of hydrogen-bond acceptors (Lipinski definition) is 4. The molecule has 1 aliphatic heterocycles. The summed E-state index contributed by atoms with van der Waals surface area (Å²) in [5.41, 5.74) is 0.0968. The van der Waals surface area contributed by atoms with Gasteiger partial charge in [0.1, 0.15) is 5.54 Å². The molecule has 1 aliphatic carbocycles. The molecular weight excluding hydrogens is 330 g/mol. The molecule has 1 saturated heterocycles. The van der Waals surface area contributed by atoms with Crippen molar-refractivity contribution in [1.82, 2.24) is 10.2 Å². The van der Waals surface area contributed by atoms with E-state index in [4.69, 9.17) is 4.74 Å². The van der Waals surface area contributed by atoms with Crippen LogP contribution in [0.3, 0.4) is 0 Å². The standard InChI is InChI=1S/C20H29N3O3/c1-26-14-12-21-19(25)20(22-17-9-3-2-4-10-17)11-6-13-23(15-20)18(24)16-7-5-8-16/h2-4,9-10,16,22H,5-8,11-15H2,1H3,(H,21,25). The Balaban J connectivity index is 1.77. The Hall–Kier alpha value is -2.08. The lowest BCUT2D eigenvalue weighted by molar-refractivity contribution is -0.142. The van der Waals surface area contributed by atoms with E-state index < -0.39 is 5.54 Å². The Labute approximate surface area is 155 Å². The number of ether oxygens (including phenoxy) is 1. The highest BCUT2D eigenvalue weighted by Crippen LogP contribution is 2.32. The molecule has 3 rings (SSSR count). The van der Waals surface area contributed by atoms with E-state index in [-0.39, 0.29) is 17.7 Å². The van der Waals surface area contributed by atoms with Gasteiger partial charge in [-0.15, -0.1) is 0 Å². The summed E-state index contributed by atoms with van der Waals surface area (Å²) in [5.74, 6) is 0.295. The number of carbonyl (C=O) groups excluding carboxylic acids is 2. The van der Waals surface area contributed by atoms with Crippen LogP contribution >= 0.6 is 0 Å². The number of para-hydroxylation sites is 1. The quantitative estimate of drug-likeness (QED) is 0.731. The highest BCUT2D eigenvalue weighted by atomic mass is 16.5. The SMILES string of the molecule is COCCNC(=O)C1(Nc2ccccc2)CCCN(C(=O)C2CCC2)C1. The van der Waals surface area contributed by atoms with Gasteiger partial charge >= 0.3 is 0 Å². The van der Waals surface area contributed by atoms with Gasteiger partial charge in [-0.3, -0.25) is 9.59 Å². The fourth-order valence-corrected chi connectivity index (χ4v) is 3.73. The maximum atomic E-state index is 13.1. The van der Waals surface area contributed by atoms with Crippen molar-refractivity contribution in [2.24, 2.45) is 5.92 Å². The molecule has 1 saturated carbocycles. The zero-order valence-electron chi connectivity index (χ0n) is 15.5. The lowest BCUT2D eigenvalue weighted by Gasteiger charge is -2.44. The van der Waals surface area contributed by atoms with Crippen LogP contribution in [0.15, 0.2) is 30.3 Å². The zero-order chi connectivity index (χ0) is 18.4. The van der Waals surface area contributed by atoms with Gasteiger partial charge < -0.3 is 20.3 Å². The fraction of sp³-hybridized carbons (Fsp3) is 0.600. The minimum absolute atomic E-state index is 0.0653. The van der Waals surface area contributed by atoms with Crippen molar-refractivity contribution >= 4 is 17.5 Å². The molecule has 1 aromatic carbocycles. The first-order valence-electron chi connectivity index (χ1n) is 9.54. The van der Waals surface area contributed by atoms with Crippen molar-refractivity contribution in [1.29, 1.82) is 0 Å². The van der Waals surface area contributed by atoms with Gasteiger partial charge in [0.25, 0.3) is 0 Å². The van der Waals surface area contributed by atoms with Gasteiger partial charge in [0.15, 0.2) is 0 Å². The molecule has 1 unspecified atom stereocenters. The molecule has 26 heavy (non-hydrogen) atoms. The van der Waals surface area contributed by atoms with E-state index in [1.807, 2.05) is 35.2 Å². The molecule has 142 valence electrons. The van der Waals surface area contributed by atoms with Gasteiger partial charge in [-0.1, -0.05) is 24.6 Å². The molecule has 1 aromatic rings. The molecule has 0 aromatic heterocycles.